The van der Waals surface area contributed by atoms with Gasteiger partial charge in [-0.25, -0.2) is 0 Å². The smallest absolute Gasteiger partial charge is 0.0211 e. The van der Waals surface area contributed by atoms with Gasteiger partial charge in [0.15, 0.2) is 0 Å². The van der Waals surface area contributed by atoms with Crippen LogP contribution in [0.2, 0.25) is 0 Å². The van der Waals surface area contributed by atoms with Crippen LogP contribution in [0.25, 0.3) is 0 Å². The topological polar surface area (TPSA) is 62.1 Å². The molecule has 0 radical (unpaired) electrons. The summed E-state index contributed by atoms with van der Waals surface area (Å²) >= 11 is 0. The number of nitrogens with one attached hydrogen (secondary N) is 2. The second kappa shape index (κ2) is 3.20. The maximum Gasteiger partial charge on any atom is 0.417 e. The van der Waals surface area contributed by atoms with Gasteiger partial charge in [0.1, 0.15) is 0 Å². The molecule has 0 aromatic carbocycles. The minimum absolute atomic E-state index is 0.222. The van der Waals surface area contributed by atoms with Crippen molar-refractivity contribution in [2.75, 3.05) is 6.67 Å². The molecule has 0 aliphatic rings. The third-order valence-corrected chi connectivity index (χ3v) is 0.144. The summed E-state index contributed by atoms with van der Waals surface area (Å²) in [5.41, 5.74) is 0. The number of hydrogen-bond donors (Lipinski definition) is 2. The zero-order valence-electron chi connectivity index (χ0n) is 2.52. The Morgan fingerprint density at radius 3 is 1.60 bits per heavy atom. The van der Waals surface area contributed by atoms with Crippen molar-refractivity contribution >= 4 is 0 Å². The van der Waals surface area contributed by atoms with Crippen LogP contribution in [-0.2, 0) is 0 Å². The van der Waals surface area contributed by atoms with Gasteiger partial charge in [0.2, 0.25) is 0 Å². The van der Waals surface area contributed by atoms with E-state index >= 15 is 0 Å². The third-order valence-electron chi connectivity index (χ3n) is 0.144. The van der Waals surface area contributed by atoms with Gasteiger partial charge in [-0.15, -0.1) is 0 Å². The van der Waals surface area contributed by atoms with Gasteiger partial charge in [-0.2, -0.15) is 0 Å². The van der Waals surface area contributed by atoms with Crippen molar-refractivity contribution in [1.82, 2.24) is 0 Å². The van der Waals surface area contributed by atoms with Gasteiger partial charge >= 0.3 is 6.67 Å². The molecular formula is CH4N2O2+2. The molecule has 0 fully saturated rings. The molecular weight excluding hydrogens is 72.0 g/mol. The molecule has 0 aromatic rings. The quantitative estimate of drug-likeness (QED) is 0.337. The van der Waals surface area contributed by atoms with Gasteiger partial charge < -0.3 is 0 Å². The first kappa shape index (κ1) is 4.20. The highest BCUT2D eigenvalue weighted by atomic mass is 16.3. The molecule has 0 amide bonds. The normalized spacial score (nSPS) is 6.40. The Hall–Kier alpha value is -0.800. The predicted octanol–water partition coefficient (Wildman–Crippen LogP) is -3.36. The Bertz CT molecular complexity index is 36.9. The zero-order valence-corrected chi connectivity index (χ0v) is 2.52. The molecule has 0 rings (SSSR count). The molecule has 0 unspecified atom stereocenters. The van der Waals surface area contributed by atoms with Crippen molar-refractivity contribution in [2.24, 2.45) is 0 Å². The summed E-state index contributed by atoms with van der Waals surface area (Å²) in [6, 6.07) is 0. The molecule has 0 aromatic heterocycles. The van der Waals surface area contributed by atoms with Gasteiger partial charge in [0.25, 0.3) is 0 Å². The molecule has 0 aliphatic heterocycles. The maximum atomic E-state index is 9.02. The van der Waals surface area contributed by atoms with Gasteiger partial charge in [0, 0.05) is 20.2 Å². The molecule has 0 saturated heterocycles. The fourth-order valence-electron chi connectivity index (χ4n) is 0.0295. The van der Waals surface area contributed by atoms with Crippen LogP contribution in [0.5, 0.6) is 0 Å². The van der Waals surface area contributed by atoms with E-state index in [2.05, 4.69) is 0 Å². The van der Waals surface area contributed by atoms with E-state index in [1.54, 1.807) is 0 Å². The SMILES string of the molecule is O=[NH+]C[NH+]=O. The van der Waals surface area contributed by atoms with Crippen LogP contribution >= 0.6 is 0 Å². The first-order chi connectivity index (χ1) is 2.41. The Labute approximate surface area is 28.1 Å². The summed E-state index contributed by atoms with van der Waals surface area (Å²) in [4.78, 5) is 18.0. The van der Waals surface area contributed by atoms with Gasteiger partial charge in [0.05, 0.1) is 0 Å². The number of nitroso groups, excluding NO2 is 2. The highest BCUT2D eigenvalue weighted by Gasteiger charge is 1.79. The van der Waals surface area contributed by atoms with E-state index in [0.717, 1.165) is 0 Å². The molecule has 4 nitrogen and oxygen atoms in total. The maximum absolute atomic E-state index is 9.02. The predicted molar refractivity (Wildman–Crippen MR) is 13.5 cm³/mol. The van der Waals surface area contributed by atoms with E-state index in [4.69, 9.17) is 9.81 Å². The fraction of sp³-hybridized carbons (Fsp3) is 1.00. The lowest BCUT2D eigenvalue weighted by molar-refractivity contribution is -0.701. The largest absolute Gasteiger partial charge is 0.417 e. The summed E-state index contributed by atoms with van der Waals surface area (Å²) in [5.74, 6) is 0. The summed E-state index contributed by atoms with van der Waals surface area (Å²) in [6.07, 6.45) is 0. The van der Waals surface area contributed by atoms with Gasteiger partial charge in [-0.3, -0.25) is 0 Å². The molecule has 0 spiro atoms. The van der Waals surface area contributed by atoms with Gasteiger partial charge in [-0.05, 0) is 0 Å². The Kier molecular flexibility index (Phi) is 2.69. The Morgan fingerprint density at radius 1 is 1.20 bits per heavy atom. The van der Waals surface area contributed by atoms with Crippen LogP contribution in [0.15, 0.2) is 0 Å². The second-order valence-corrected chi connectivity index (χ2v) is 0.465. The lowest BCUT2D eigenvalue weighted by atomic mass is 11.3. The third kappa shape index (κ3) is 3.20. The summed E-state index contributed by atoms with van der Waals surface area (Å²) in [5, 5.41) is 2.69. The monoisotopic (exact) mass is 76.0 g/mol. The Morgan fingerprint density at radius 2 is 1.60 bits per heavy atom. The highest BCUT2D eigenvalue weighted by molar-refractivity contribution is 3.69. The lowest BCUT2D eigenvalue weighted by Crippen LogP contribution is -2.87. The van der Waals surface area contributed by atoms with Crippen LogP contribution in [0.1, 0.15) is 0 Å². The first-order valence-corrected chi connectivity index (χ1v) is 1.12. The fourth-order valence-corrected chi connectivity index (χ4v) is 0.0295. The molecule has 0 heterocycles. The summed E-state index contributed by atoms with van der Waals surface area (Å²) in [6.45, 7) is -0.222. The molecule has 2 N–H and O–H groups in total. The molecule has 0 bridgehead atoms. The van der Waals surface area contributed by atoms with Crippen LogP contribution in [0.3, 0.4) is 0 Å². The average Bonchev–Trinajstić information content (AvgIpc) is 1.41. The molecule has 0 saturated carbocycles. The average molecular weight is 76.1 g/mol. The van der Waals surface area contributed by atoms with Crippen LogP contribution in [0, 0.1) is 9.81 Å². The molecule has 0 aliphatic carbocycles. The van der Waals surface area contributed by atoms with Crippen molar-refractivity contribution in [3.63, 3.8) is 0 Å². The standard InChI is InChI=1S/CH2N2O2/c4-2-1-3-5/h1H2/p+2. The van der Waals surface area contributed by atoms with Crippen molar-refractivity contribution in [2.45, 2.75) is 0 Å². The molecule has 28 valence electrons. The number of hydrogen-bond acceptors (Lipinski definition) is 2. The second-order valence-electron chi connectivity index (χ2n) is 0.465. The molecule has 4 heteroatoms. The minimum Gasteiger partial charge on any atom is 0.0211 e. The first-order valence-electron chi connectivity index (χ1n) is 1.12. The summed E-state index contributed by atoms with van der Waals surface area (Å²) < 4.78 is 0. The van der Waals surface area contributed by atoms with Crippen molar-refractivity contribution < 1.29 is 10.4 Å². The van der Waals surface area contributed by atoms with Gasteiger partial charge in [-0.1, -0.05) is 0 Å². The number of rotatable bonds is 2. The van der Waals surface area contributed by atoms with E-state index in [-0.39, 0.29) is 6.67 Å². The highest BCUT2D eigenvalue weighted by Crippen LogP contribution is 0.775. The molecule has 5 heavy (non-hydrogen) atoms. The summed E-state index contributed by atoms with van der Waals surface area (Å²) in [7, 11) is 0. The Balaban J connectivity index is 2.65. The lowest BCUT2D eigenvalue weighted by Gasteiger charge is -1.40. The van der Waals surface area contributed by atoms with Crippen LogP contribution in [0.4, 0.5) is 0 Å². The van der Waals surface area contributed by atoms with Crippen molar-refractivity contribution in [1.29, 1.82) is 0 Å². The van der Waals surface area contributed by atoms with E-state index in [0.29, 0.717) is 0 Å². The van der Waals surface area contributed by atoms with Crippen LogP contribution in [-0.4, -0.2) is 6.67 Å². The minimum atomic E-state index is -0.222. The zero-order chi connectivity index (χ0) is 4.12. The van der Waals surface area contributed by atoms with Crippen molar-refractivity contribution in [3.05, 3.63) is 9.81 Å². The van der Waals surface area contributed by atoms with E-state index in [9.17, 15) is 0 Å². The van der Waals surface area contributed by atoms with Crippen LogP contribution < -0.4 is 10.4 Å². The van der Waals surface area contributed by atoms with E-state index < -0.39 is 0 Å². The van der Waals surface area contributed by atoms with Crippen molar-refractivity contribution in [3.8, 4) is 0 Å². The van der Waals surface area contributed by atoms with E-state index in [1.807, 2.05) is 0 Å². The molecule has 0 atom stereocenters. The van der Waals surface area contributed by atoms with E-state index in [1.165, 1.54) is 10.4 Å².